The smallest absolute Gasteiger partial charge is 0.183 e. The molecule has 0 aliphatic carbocycles. The Morgan fingerprint density at radius 2 is 1.94 bits per heavy atom. The number of rotatable bonds is 3. The molecule has 0 radical (unpaired) electrons. The zero-order chi connectivity index (χ0) is 12.4. The number of anilines is 1. The molecule has 0 atom stereocenters. The number of nitrogens with two attached hydrogens (primary N) is 1. The van der Waals surface area contributed by atoms with E-state index in [-0.39, 0.29) is 0 Å². The third-order valence-electron chi connectivity index (χ3n) is 2.77. The maximum Gasteiger partial charge on any atom is 0.183 e. The zero-order valence-electron chi connectivity index (χ0n) is 9.67. The molecular formula is C12H12N6. The number of fused-ring (bicyclic) bond motifs is 1. The SMILES string of the molecule is Nc1ncnc2nc(CCc3ccncc3)[nH]c12. The van der Waals surface area contributed by atoms with Crippen molar-refractivity contribution in [3.05, 3.63) is 42.2 Å². The van der Waals surface area contributed by atoms with E-state index in [1.54, 1.807) is 12.4 Å². The van der Waals surface area contributed by atoms with Gasteiger partial charge in [0.1, 0.15) is 17.7 Å². The van der Waals surface area contributed by atoms with Crippen molar-refractivity contribution in [2.45, 2.75) is 12.8 Å². The highest BCUT2D eigenvalue weighted by atomic mass is 15.0. The minimum atomic E-state index is 0.433. The van der Waals surface area contributed by atoms with E-state index in [9.17, 15) is 0 Å². The molecule has 0 unspecified atom stereocenters. The van der Waals surface area contributed by atoms with Crippen LogP contribution in [0.4, 0.5) is 5.82 Å². The van der Waals surface area contributed by atoms with Gasteiger partial charge < -0.3 is 10.7 Å². The first kappa shape index (κ1) is 10.6. The van der Waals surface area contributed by atoms with Crippen molar-refractivity contribution >= 4 is 17.0 Å². The maximum atomic E-state index is 5.75. The van der Waals surface area contributed by atoms with Gasteiger partial charge in [-0.05, 0) is 24.1 Å². The number of imidazole rings is 1. The van der Waals surface area contributed by atoms with E-state index in [2.05, 4.69) is 24.9 Å². The van der Waals surface area contributed by atoms with Gasteiger partial charge in [-0.3, -0.25) is 4.98 Å². The molecule has 0 aromatic carbocycles. The number of nitrogen functional groups attached to an aromatic ring is 1. The summed E-state index contributed by atoms with van der Waals surface area (Å²) in [5.74, 6) is 1.30. The van der Waals surface area contributed by atoms with Gasteiger partial charge in [-0.25, -0.2) is 15.0 Å². The van der Waals surface area contributed by atoms with Crippen molar-refractivity contribution in [1.29, 1.82) is 0 Å². The number of aromatic nitrogens is 5. The molecule has 0 bridgehead atoms. The summed E-state index contributed by atoms with van der Waals surface area (Å²) >= 11 is 0. The lowest BCUT2D eigenvalue weighted by Gasteiger charge is -1.97. The molecule has 0 fully saturated rings. The van der Waals surface area contributed by atoms with Crippen LogP contribution in [-0.2, 0) is 12.8 Å². The Balaban J connectivity index is 1.81. The van der Waals surface area contributed by atoms with Gasteiger partial charge in [0.15, 0.2) is 11.5 Å². The highest BCUT2D eigenvalue weighted by Crippen LogP contribution is 2.14. The van der Waals surface area contributed by atoms with Crippen LogP contribution in [-0.4, -0.2) is 24.9 Å². The summed E-state index contributed by atoms with van der Waals surface area (Å²) in [6.07, 6.45) is 6.70. The molecule has 0 amide bonds. The molecule has 3 aromatic heterocycles. The van der Waals surface area contributed by atoms with Crippen LogP contribution in [0.25, 0.3) is 11.2 Å². The van der Waals surface area contributed by atoms with Gasteiger partial charge >= 0.3 is 0 Å². The monoisotopic (exact) mass is 240 g/mol. The number of H-pyrrole nitrogens is 1. The molecule has 3 N–H and O–H groups in total. The average Bonchev–Trinajstić information content (AvgIpc) is 2.82. The quantitative estimate of drug-likeness (QED) is 0.715. The van der Waals surface area contributed by atoms with Crippen molar-refractivity contribution in [1.82, 2.24) is 24.9 Å². The van der Waals surface area contributed by atoms with Gasteiger partial charge in [-0.2, -0.15) is 0 Å². The van der Waals surface area contributed by atoms with Crippen molar-refractivity contribution in [3.63, 3.8) is 0 Å². The molecule has 0 saturated carbocycles. The molecular weight excluding hydrogens is 228 g/mol. The molecule has 6 heteroatoms. The Morgan fingerprint density at radius 1 is 1.11 bits per heavy atom. The Hall–Kier alpha value is -2.50. The van der Waals surface area contributed by atoms with E-state index < -0.39 is 0 Å². The maximum absolute atomic E-state index is 5.75. The van der Waals surface area contributed by atoms with Crippen LogP contribution < -0.4 is 5.73 Å². The summed E-state index contributed by atoms with van der Waals surface area (Å²) in [5.41, 5.74) is 8.30. The predicted octanol–water partition coefficient (Wildman–Crippen LogP) is 1.12. The fourth-order valence-electron chi connectivity index (χ4n) is 1.82. The third kappa shape index (κ3) is 2.00. The Bertz CT molecular complexity index is 661. The highest BCUT2D eigenvalue weighted by Gasteiger charge is 2.07. The van der Waals surface area contributed by atoms with E-state index in [0.29, 0.717) is 17.0 Å². The summed E-state index contributed by atoms with van der Waals surface area (Å²) in [5, 5.41) is 0. The lowest BCUT2D eigenvalue weighted by Crippen LogP contribution is -1.93. The van der Waals surface area contributed by atoms with Gasteiger partial charge in [0, 0.05) is 18.8 Å². The first-order chi connectivity index (χ1) is 8.83. The number of aromatic amines is 1. The number of hydrogen-bond donors (Lipinski definition) is 2. The topological polar surface area (TPSA) is 93.4 Å². The minimum Gasteiger partial charge on any atom is -0.382 e. The second kappa shape index (κ2) is 4.40. The minimum absolute atomic E-state index is 0.433. The molecule has 0 aliphatic heterocycles. The third-order valence-corrected chi connectivity index (χ3v) is 2.77. The lowest BCUT2D eigenvalue weighted by atomic mass is 10.1. The Labute approximate surface area is 103 Å². The number of aryl methyl sites for hydroxylation is 2. The molecule has 0 aliphatic rings. The van der Waals surface area contributed by atoms with Crippen LogP contribution in [0.3, 0.4) is 0 Å². The summed E-state index contributed by atoms with van der Waals surface area (Å²) in [4.78, 5) is 19.5. The Morgan fingerprint density at radius 3 is 2.72 bits per heavy atom. The van der Waals surface area contributed by atoms with E-state index in [4.69, 9.17) is 5.73 Å². The molecule has 3 rings (SSSR count). The second-order valence-electron chi connectivity index (χ2n) is 4.00. The first-order valence-corrected chi connectivity index (χ1v) is 5.67. The standard InChI is InChI=1S/C12H12N6/c13-11-10-12(16-7-15-11)18-9(17-10)2-1-8-3-5-14-6-4-8/h3-7H,1-2H2,(H3,13,15,16,17,18). The van der Waals surface area contributed by atoms with Crippen molar-refractivity contribution in [2.75, 3.05) is 5.73 Å². The van der Waals surface area contributed by atoms with E-state index in [1.807, 2.05) is 12.1 Å². The van der Waals surface area contributed by atoms with Crippen LogP contribution in [0, 0.1) is 0 Å². The predicted molar refractivity (Wildman–Crippen MR) is 67.7 cm³/mol. The largest absolute Gasteiger partial charge is 0.382 e. The summed E-state index contributed by atoms with van der Waals surface area (Å²) < 4.78 is 0. The summed E-state index contributed by atoms with van der Waals surface area (Å²) in [6, 6.07) is 3.99. The molecule has 90 valence electrons. The van der Waals surface area contributed by atoms with Gasteiger partial charge in [0.2, 0.25) is 0 Å². The van der Waals surface area contributed by atoms with Crippen LogP contribution in [0.1, 0.15) is 11.4 Å². The summed E-state index contributed by atoms with van der Waals surface area (Å²) in [7, 11) is 0. The van der Waals surface area contributed by atoms with Gasteiger partial charge in [-0.1, -0.05) is 0 Å². The first-order valence-electron chi connectivity index (χ1n) is 5.67. The van der Waals surface area contributed by atoms with Crippen molar-refractivity contribution in [2.24, 2.45) is 0 Å². The Kier molecular flexibility index (Phi) is 2.60. The lowest BCUT2D eigenvalue weighted by molar-refractivity contribution is 0.886. The number of pyridine rings is 1. The molecule has 18 heavy (non-hydrogen) atoms. The number of nitrogens with one attached hydrogen (secondary N) is 1. The molecule has 0 spiro atoms. The fourth-order valence-corrected chi connectivity index (χ4v) is 1.82. The summed E-state index contributed by atoms with van der Waals surface area (Å²) in [6.45, 7) is 0. The molecule has 3 heterocycles. The van der Waals surface area contributed by atoms with Gasteiger partial charge in [-0.15, -0.1) is 0 Å². The van der Waals surface area contributed by atoms with Crippen molar-refractivity contribution < 1.29 is 0 Å². The van der Waals surface area contributed by atoms with Crippen LogP contribution in [0.2, 0.25) is 0 Å². The number of nitrogens with zero attached hydrogens (tertiary/aromatic N) is 4. The fraction of sp³-hybridized carbons (Fsp3) is 0.167. The second-order valence-corrected chi connectivity index (χ2v) is 4.00. The van der Waals surface area contributed by atoms with Gasteiger partial charge in [0.05, 0.1) is 0 Å². The molecule has 0 saturated heterocycles. The van der Waals surface area contributed by atoms with Crippen LogP contribution >= 0.6 is 0 Å². The highest BCUT2D eigenvalue weighted by molar-refractivity contribution is 5.80. The van der Waals surface area contributed by atoms with Crippen LogP contribution in [0.5, 0.6) is 0 Å². The van der Waals surface area contributed by atoms with Gasteiger partial charge in [0.25, 0.3) is 0 Å². The van der Waals surface area contributed by atoms with Crippen molar-refractivity contribution in [3.8, 4) is 0 Å². The van der Waals surface area contributed by atoms with E-state index in [1.165, 1.54) is 11.9 Å². The van der Waals surface area contributed by atoms with E-state index >= 15 is 0 Å². The van der Waals surface area contributed by atoms with Crippen LogP contribution in [0.15, 0.2) is 30.9 Å². The molecule has 6 nitrogen and oxygen atoms in total. The molecule has 3 aromatic rings. The normalized spacial score (nSPS) is 10.9. The zero-order valence-corrected chi connectivity index (χ0v) is 9.67. The number of hydrogen-bond acceptors (Lipinski definition) is 5. The van der Waals surface area contributed by atoms with E-state index in [0.717, 1.165) is 18.7 Å². The average molecular weight is 240 g/mol.